The quantitative estimate of drug-likeness (QED) is 0.572. The molecule has 3 aliphatic carbocycles. The van der Waals surface area contributed by atoms with Gasteiger partial charge in [0.1, 0.15) is 31.0 Å². The van der Waals surface area contributed by atoms with E-state index in [1.165, 1.54) is 25.7 Å². The summed E-state index contributed by atoms with van der Waals surface area (Å²) in [5, 5.41) is 6.96. The summed E-state index contributed by atoms with van der Waals surface area (Å²) in [6, 6.07) is 1.11. The minimum absolute atomic E-state index is 0.189. The normalized spacial score (nSPS) is 41.7. The number of aromatic nitrogens is 3. The van der Waals surface area contributed by atoms with E-state index in [1.54, 1.807) is 0 Å². The fourth-order valence-corrected chi connectivity index (χ4v) is 6.53. The Hall–Kier alpha value is -1.79. The Kier molecular flexibility index (Phi) is 5.42. The van der Waals surface area contributed by atoms with Crippen LogP contribution < -0.4 is 15.4 Å². The SMILES string of the molecule is CC1(C)O[C@H]2[C@@H](O1)[C@@H](COc1nc(NC3CC3)nc(N[C@H]3C[C@@H]4CC[C@H]3C4)n1)O[C@@H]1OC(C)(C)O[C@@H]12. The van der Waals surface area contributed by atoms with Gasteiger partial charge < -0.3 is 39.1 Å². The summed E-state index contributed by atoms with van der Waals surface area (Å²) in [5.74, 6) is 1.14. The van der Waals surface area contributed by atoms with Gasteiger partial charge in [0.2, 0.25) is 11.9 Å². The lowest BCUT2D eigenvalue weighted by molar-refractivity contribution is -0.238. The predicted octanol–water partition coefficient (Wildman–Crippen LogP) is 2.82. The molecule has 0 spiro atoms. The average Bonchev–Trinajstić information content (AvgIpc) is 3.12. The number of nitrogens with one attached hydrogen (secondary N) is 2. The number of fused-ring (bicyclic) bond motifs is 5. The van der Waals surface area contributed by atoms with Gasteiger partial charge in [0, 0.05) is 12.1 Å². The number of hydrogen-bond donors (Lipinski definition) is 2. The molecule has 2 N–H and O–H groups in total. The Morgan fingerprint density at radius 3 is 2.25 bits per heavy atom. The molecular weight excluding hydrogens is 466 g/mol. The first-order valence-electron chi connectivity index (χ1n) is 13.5. The molecule has 2 bridgehead atoms. The second-order valence-electron chi connectivity index (χ2n) is 12.1. The summed E-state index contributed by atoms with van der Waals surface area (Å²) in [5.41, 5.74) is 0. The van der Waals surface area contributed by atoms with E-state index in [4.69, 9.17) is 28.4 Å². The molecule has 198 valence electrons. The fraction of sp³-hybridized carbons (Fsp3) is 0.880. The zero-order chi connectivity index (χ0) is 24.7. The van der Waals surface area contributed by atoms with Crippen molar-refractivity contribution in [1.29, 1.82) is 0 Å². The van der Waals surface area contributed by atoms with E-state index in [0.29, 0.717) is 29.9 Å². The van der Waals surface area contributed by atoms with Crippen LogP contribution in [-0.4, -0.2) is 75.9 Å². The molecule has 8 atom stereocenters. The molecular formula is C25H37N5O6. The highest BCUT2D eigenvalue weighted by atomic mass is 16.9. The fourth-order valence-electron chi connectivity index (χ4n) is 6.53. The molecule has 1 aromatic rings. The second kappa shape index (κ2) is 8.36. The van der Waals surface area contributed by atoms with Crippen molar-refractivity contribution in [1.82, 2.24) is 15.0 Å². The van der Waals surface area contributed by atoms with Gasteiger partial charge in [0.15, 0.2) is 17.9 Å². The van der Waals surface area contributed by atoms with E-state index < -0.39 is 24.0 Å². The van der Waals surface area contributed by atoms with Crippen LogP contribution in [-0.2, 0) is 23.7 Å². The van der Waals surface area contributed by atoms with Gasteiger partial charge >= 0.3 is 6.01 Å². The molecule has 0 aromatic carbocycles. The van der Waals surface area contributed by atoms with Crippen molar-refractivity contribution in [3.63, 3.8) is 0 Å². The van der Waals surface area contributed by atoms with Crippen molar-refractivity contribution in [3.8, 4) is 6.01 Å². The van der Waals surface area contributed by atoms with Crippen LogP contribution in [0.4, 0.5) is 11.9 Å². The molecule has 0 unspecified atom stereocenters. The van der Waals surface area contributed by atoms with Crippen molar-refractivity contribution in [2.75, 3.05) is 17.2 Å². The molecule has 11 nitrogen and oxygen atoms in total. The van der Waals surface area contributed by atoms with Crippen molar-refractivity contribution in [2.24, 2.45) is 11.8 Å². The first kappa shape index (κ1) is 23.3. The van der Waals surface area contributed by atoms with Gasteiger partial charge in [-0.3, -0.25) is 0 Å². The second-order valence-corrected chi connectivity index (χ2v) is 12.1. The maximum absolute atomic E-state index is 6.27. The van der Waals surface area contributed by atoms with Crippen molar-refractivity contribution in [3.05, 3.63) is 0 Å². The average molecular weight is 504 g/mol. The topological polar surface area (TPSA) is 118 Å². The Morgan fingerprint density at radius 2 is 1.53 bits per heavy atom. The Balaban J connectivity index is 1.08. The van der Waals surface area contributed by atoms with E-state index in [2.05, 4.69) is 25.6 Å². The molecule has 0 amide bonds. The summed E-state index contributed by atoms with van der Waals surface area (Å²) < 4.78 is 36.9. The van der Waals surface area contributed by atoms with E-state index in [1.807, 2.05) is 27.7 Å². The van der Waals surface area contributed by atoms with Crippen LogP contribution in [0.25, 0.3) is 0 Å². The third kappa shape index (κ3) is 4.53. The van der Waals surface area contributed by atoms with Gasteiger partial charge in [-0.25, -0.2) is 0 Å². The summed E-state index contributed by atoms with van der Waals surface area (Å²) in [7, 11) is 0. The molecule has 1 aromatic heterocycles. The molecule has 7 rings (SSSR count). The number of ether oxygens (including phenoxy) is 6. The third-order valence-corrected chi connectivity index (χ3v) is 8.21. The molecule has 3 aliphatic heterocycles. The molecule has 0 radical (unpaired) electrons. The van der Waals surface area contributed by atoms with Gasteiger partial charge in [0.05, 0.1) is 0 Å². The van der Waals surface area contributed by atoms with Gasteiger partial charge in [-0.15, -0.1) is 0 Å². The monoisotopic (exact) mass is 503 g/mol. The van der Waals surface area contributed by atoms with Crippen molar-refractivity contribution in [2.45, 2.75) is 121 Å². The van der Waals surface area contributed by atoms with Crippen molar-refractivity contribution < 1.29 is 28.4 Å². The lowest BCUT2D eigenvalue weighted by atomic mass is 9.95. The zero-order valence-corrected chi connectivity index (χ0v) is 21.4. The highest BCUT2D eigenvalue weighted by Gasteiger charge is 2.60. The van der Waals surface area contributed by atoms with Crippen LogP contribution in [0.2, 0.25) is 0 Å². The molecule has 11 heteroatoms. The number of nitrogens with zero attached hydrogens (tertiary/aromatic N) is 3. The Labute approximate surface area is 211 Å². The van der Waals surface area contributed by atoms with E-state index in [9.17, 15) is 0 Å². The smallest absolute Gasteiger partial charge is 0.323 e. The zero-order valence-electron chi connectivity index (χ0n) is 21.4. The Bertz CT molecular complexity index is 1010. The highest BCUT2D eigenvalue weighted by molar-refractivity contribution is 5.38. The third-order valence-electron chi connectivity index (χ3n) is 8.21. The lowest BCUT2D eigenvalue weighted by Gasteiger charge is -2.36. The molecule has 4 heterocycles. The number of rotatable bonds is 7. The maximum atomic E-state index is 6.27. The summed E-state index contributed by atoms with van der Waals surface area (Å²) >= 11 is 0. The predicted molar refractivity (Wildman–Crippen MR) is 127 cm³/mol. The standard InChI is InChI=1S/C25H37N5O6/c1-24(2)33-17-16(32-20-19(18(17)34-24)35-25(3,4)36-20)11-31-23-29-21(26-14-7-8-14)28-22(30-23)27-15-10-12-5-6-13(15)9-12/h12-20H,5-11H2,1-4H3,(H2,26,27,28,29,30)/t12-,13+,15+,16-,17+,18+,19-,20-/m1/s1. The van der Waals surface area contributed by atoms with Gasteiger partial charge in [-0.2, -0.15) is 15.0 Å². The first-order chi connectivity index (χ1) is 17.2. The largest absolute Gasteiger partial charge is 0.460 e. The molecule has 6 aliphatic rings. The van der Waals surface area contributed by atoms with Crippen LogP contribution in [0.15, 0.2) is 0 Å². The minimum atomic E-state index is -0.760. The molecule has 6 fully saturated rings. The minimum Gasteiger partial charge on any atom is -0.460 e. The summed E-state index contributed by atoms with van der Waals surface area (Å²) in [4.78, 5) is 13.8. The number of anilines is 2. The van der Waals surface area contributed by atoms with E-state index >= 15 is 0 Å². The van der Waals surface area contributed by atoms with Crippen LogP contribution in [0.3, 0.4) is 0 Å². The molecule has 3 saturated heterocycles. The lowest BCUT2D eigenvalue weighted by Crippen LogP contribution is -2.56. The van der Waals surface area contributed by atoms with E-state index in [-0.39, 0.29) is 30.9 Å². The van der Waals surface area contributed by atoms with Crippen LogP contribution in [0, 0.1) is 11.8 Å². The number of hydrogen-bond acceptors (Lipinski definition) is 11. The van der Waals surface area contributed by atoms with Gasteiger partial charge in [-0.1, -0.05) is 6.42 Å². The maximum Gasteiger partial charge on any atom is 0.323 e. The van der Waals surface area contributed by atoms with Crippen LogP contribution >= 0.6 is 0 Å². The van der Waals surface area contributed by atoms with Gasteiger partial charge in [-0.05, 0) is 71.6 Å². The van der Waals surface area contributed by atoms with Crippen molar-refractivity contribution >= 4 is 11.9 Å². The van der Waals surface area contributed by atoms with Crippen LogP contribution in [0.1, 0.15) is 66.2 Å². The summed E-state index contributed by atoms with van der Waals surface area (Å²) in [6.45, 7) is 7.73. The highest BCUT2D eigenvalue weighted by Crippen LogP contribution is 2.46. The van der Waals surface area contributed by atoms with Gasteiger partial charge in [0.25, 0.3) is 0 Å². The first-order valence-corrected chi connectivity index (χ1v) is 13.5. The molecule has 36 heavy (non-hydrogen) atoms. The summed E-state index contributed by atoms with van der Waals surface area (Å²) in [6.07, 6.45) is 5.33. The Morgan fingerprint density at radius 1 is 0.806 bits per heavy atom. The molecule has 3 saturated carbocycles. The van der Waals surface area contributed by atoms with Crippen LogP contribution in [0.5, 0.6) is 6.01 Å². The van der Waals surface area contributed by atoms with E-state index in [0.717, 1.165) is 18.8 Å².